The number of oxazole rings is 1. The topological polar surface area (TPSA) is 116 Å². The Morgan fingerprint density at radius 2 is 2.15 bits per heavy atom. The van der Waals surface area contributed by atoms with Gasteiger partial charge in [0.25, 0.3) is 5.91 Å². The fourth-order valence-electron chi connectivity index (χ4n) is 3.60. The summed E-state index contributed by atoms with van der Waals surface area (Å²) in [6.45, 7) is 9.61. The number of rotatable bonds is 6. The number of likely N-dealkylation sites (tertiary alicyclic amines) is 1. The number of nitrogens with zero attached hydrogens (tertiary/aromatic N) is 2. The molecule has 0 radical (unpaired) electrons. The van der Waals surface area contributed by atoms with Crippen molar-refractivity contribution in [2.75, 3.05) is 6.54 Å². The van der Waals surface area contributed by atoms with E-state index in [2.05, 4.69) is 4.98 Å². The number of allylic oxidation sites excluding steroid dienone is 1. The molecule has 0 saturated carbocycles. The monoisotopic (exact) mass is 376 g/mol. The van der Waals surface area contributed by atoms with Gasteiger partial charge in [-0.3, -0.25) is 4.79 Å². The Kier molecular flexibility index (Phi) is 6.46. The first-order valence-electron chi connectivity index (χ1n) is 9.60. The SMILES string of the molecule is CCC/C(N)=C(/C=N)C(=O)N1CC(c2nc(C(C)(C)O)c(C)o2)CC[C@H]1C. The Balaban J connectivity index is 2.27. The van der Waals surface area contributed by atoms with Crippen LogP contribution >= 0.6 is 0 Å². The highest BCUT2D eigenvalue weighted by Gasteiger charge is 2.35. The summed E-state index contributed by atoms with van der Waals surface area (Å²) in [5.41, 5.74) is 6.21. The summed E-state index contributed by atoms with van der Waals surface area (Å²) in [6, 6.07) is 0.0583. The molecule has 27 heavy (non-hydrogen) atoms. The van der Waals surface area contributed by atoms with Gasteiger partial charge in [0.2, 0.25) is 0 Å². The zero-order valence-electron chi connectivity index (χ0n) is 17.0. The molecule has 0 bridgehead atoms. The molecule has 1 aliphatic rings. The van der Waals surface area contributed by atoms with Crippen molar-refractivity contribution in [2.24, 2.45) is 5.73 Å². The Labute approximate surface area is 161 Å². The van der Waals surface area contributed by atoms with Crippen molar-refractivity contribution >= 4 is 12.1 Å². The van der Waals surface area contributed by atoms with Crippen LogP contribution < -0.4 is 5.73 Å². The van der Waals surface area contributed by atoms with Gasteiger partial charge in [-0.05, 0) is 47.0 Å². The second kappa shape index (κ2) is 8.25. The van der Waals surface area contributed by atoms with Crippen LogP contribution in [0, 0.1) is 12.3 Å². The number of aryl methyl sites for hydroxylation is 1. The fraction of sp³-hybridized carbons (Fsp3) is 0.650. The van der Waals surface area contributed by atoms with Gasteiger partial charge in [-0.2, -0.15) is 0 Å². The molecule has 0 aliphatic carbocycles. The molecule has 1 amide bonds. The van der Waals surface area contributed by atoms with Gasteiger partial charge in [0.1, 0.15) is 17.1 Å². The summed E-state index contributed by atoms with van der Waals surface area (Å²) in [5, 5.41) is 17.9. The summed E-state index contributed by atoms with van der Waals surface area (Å²) in [6.07, 6.45) is 4.14. The Morgan fingerprint density at radius 3 is 2.67 bits per heavy atom. The van der Waals surface area contributed by atoms with Gasteiger partial charge < -0.3 is 25.6 Å². The molecule has 2 rings (SSSR count). The second-order valence-corrected chi connectivity index (χ2v) is 7.93. The average Bonchev–Trinajstić information content (AvgIpc) is 2.98. The zero-order valence-corrected chi connectivity index (χ0v) is 17.0. The largest absolute Gasteiger partial charge is 0.445 e. The molecule has 0 aromatic carbocycles. The molecule has 0 spiro atoms. The average molecular weight is 377 g/mol. The van der Waals surface area contributed by atoms with Gasteiger partial charge in [-0.1, -0.05) is 13.3 Å². The molecule has 1 saturated heterocycles. The standard InChI is InChI=1S/C20H32N4O3/c1-6-7-16(22)15(10-21)19(25)24-11-14(9-8-12(24)2)18-23-17(13(3)27-18)20(4,5)26/h10,12,14,21,26H,6-9,11,22H2,1-5H3/b16-15+,21-10?/t12-,14?/m1/s1. The molecule has 4 N–H and O–H groups in total. The van der Waals surface area contributed by atoms with Crippen LogP contribution in [0.4, 0.5) is 0 Å². The number of aliphatic hydroxyl groups is 1. The number of nitrogens with one attached hydrogen (secondary N) is 1. The van der Waals surface area contributed by atoms with Crippen molar-refractivity contribution in [3.63, 3.8) is 0 Å². The van der Waals surface area contributed by atoms with Crippen molar-refractivity contribution in [3.8, 4) is 0 Å². The van der Waals surface area contributed by atoms with Gasteiger partial charge in [0.15, 0.2) is 5.89 Å². The minimum atomic E-state index is -1.08. The molecule has 1 aliphatic heterocycles. The lowest BCUT2D eigenvalue weighted by Gasteiger charge is -2.37. The number of carbonyl (C=O) groups excluding carboxylic acids is 1. The van der Waals surface area contributed by atoms with E-state index in [4.69, 9.17) is 15.6 Å². The highest BCUT2D eigenvalue weighted by atomic mass is 16.4. The number of amides is 1. The second-order valence-electron chi connectivity index (χ2n) is 7.93. The summed E-state index contributed by atoms with van der Waals surface area (Å²) >= 11 is 0. The lowest BCUT2D eigenvalue weighted by atomic mass is 9.92. The number of nitrogens with two attached hydrogens (primary N) is 1. The summed E-state index contributed by atoms with van der Waals surface area (Å²) in [4.78, 5) is 19.3. The molecule has 1 fully saturated rings. The van der Waals surface area contributed by atoms with Crippen LogP contribution in [0.25, 0.3) is 0 Å². The Hall–Kier alpha value is -2.15. The van der Waals surface area contributed by atoms with Crippen molar-refractivity contribution < 1.29 is 14.3 Å². The van der Waals surface area contributed by atoms with E-state index in [1.54, 1.807) is 25.7 Å². The summed E-state index contributed by atoms with van der Waals surface area (Å²) in [5.74, 6) is 0.899. The van der Waals surface area contributed by atoms with Crippen molar-refractivity contribution in [2.45, 2.75) is 77.9 Å². The maximum Gasteiger partial charge on any atom is 0.257 e. The third kappa shape index (κ3) is 4.58. The predicted octanol–water partition coefficient (Wildman–Crippen LogP) is 2.97. The third-order valence-electron chi connectivity index (χ3n) is 5.12. The summed E-state index contributed by atoms with van der Waals surface area (Å²) in [7, 11) is 0. The molecular weight excluding hydrogens is 344 g/mol. The molecule has 1 aromatic heterocycles. The van der Waals surface area contributed by atoms with Crippen molar-refractivity contribution in [3.05, 3.63) is 28.6 Å². The first kappa shape index (κ1) is 21.2. The molecule has 150 valence electrons. The van der Waals surface area contributed by atoms with E-state index in [0.717, 1.165) is 25.5 Å². The van der Waals surface area contributed by atoms with E-state index in [1.165, 1.54) is 0 Å². The molecule has 1 unspecified atom stereocenters. The van der Waals surface area contributed by atoms with Crippen LogP contribution in [0.5, 0.6) is 0 Å². The van der Waals surface area contributed by atoms with Crippen LogP contribution in [0.2, 0.25) is 0 Å². The summed E-state index contributed by atoms with van der Waals surface area (Å²) < 4.78 is 5.83. The number of piperidine rings is 1. The third-order valence-corrected chi connectivity index (χ3v) is 5.12. The lowest BCUT2D eigenvalue weighted by molar-refractivity contribution is -0.130. The van der Waals surface area contributed by atoms with Crippen LogP contribution in [0.1, 0.15) is 76.6 Å². The number of hydrogen-bond acceptors (Lipinski definition) is 6. The minimum absolute atomic E-state index is 0.0423. The van der Waals surface area contributed by atoms with Gasteiger partial charge in [0.05, 0.1) is 11.5 Å². The van der Waals surface area contributed by atoms with E-state index in [9.17, 15) is 9.90 Å². The van der Waals surface area contributed by atoms with Gasteiger partial charge >= 0.3 is 0 Å². The first-order chi connectivity index (χ1) is 12.6. The molecule has 1 aromatic rings. The smallest absolute Gasteiger partial charge is 0.257 e. The molecule has 2 heterocycles. The van der Waals surface area contributed by atoms with Crippen LogP contribution in [-0.2, 0) is 10.4 Å². The fourth-order valence-corrected chi connectivity index (χ4v) is 3.60. The molecule has 2 atom stereocenters. The first-order valence-corrected chi connectivity index (χ1v) is 9.60. The maximum absolute atomic E-state index is 13.0. The van der Waals surface area contributed by atoms with E-state index in [0.29, 0.717) is 36.0 Å². The van der Waals surface area contributed by atoms with E-state index < -0.39 is 5.60 Å². The number of aromatic nitrogens is 1. The van der Waals surface area contributed by atoms with E-state index in [1.807, 2.05) is 13.8 Å². The van der Waals surface area contributed by atoms with Crippen LogP contribution in [0.3, 0.4) is 0 Å². The number of carbonyl (C=O) groups is 1. The van der Waals surface area contributed by atoms with E-state index >= 15 is 0 Å². The Morgan fingerprint density at radius 1 is 1.48 bits per heavy atom. The van der Waals surface area contributed by atoms with Crippen molar-refractivity contribution in [1.82, 2.24) is 9.88 Å². The van der Waals surface area contributed by atoms with Gasteiger partial charge in [-0.25, -0.2) is 4.98 Å². The lowest BCUT2D eigenvalue weighted by Crippen LogP contribution is -2.46. The van der Waals surface area contributed by atoms with Crippen LogP contribution in [-0.4, -0.2) is 39.7 Å². The van der Waals surface area contributed by atoms with Crippen LogP contribution in [0.15, 0.2) is 15.7 Å². The molecular formula is C20H32N4O3. The number of hydrogen-bond donors (Lipinski definition) is 3. The Bertz CT molecular complexity index is 730. The van der Waals surface area contributed by atoms with Gasteiger partial charge in [-0.15, -0.1) is 0 Å². The zero-order chi connectivity index (χ0) is 20.4. The van der Waals surface area contributed by atoms with Crippen molar-refractivity contribution in [1.29, 1.82) is 5.41 Å². The molecule has 7 heteroatoms. The maximum atomic E-state index is 13.0. The predicted molar refractivity (Wildman–Crippen MR) is 105 cm³/mol. The highest BCUT2D eigenvalue weighted by Crippen LogP contribution is 2.33. The highest BCUT2D eigenvalue weighted by molar-refractivity contribution is 6.12. The minimum Gasteiger partial charge on any atom is -0.445 e. The van der Waals surface area contributed by atoms with Gasteiger partial charge in [0, 0.05) is 24.5 Å². The molecule has 7 nitrogen and oxygen atoms in total. The van der Waals surface area contributed by atoms with E-state index in [-0.39, 0.29) is 23.4 Å². The quantitative estimate of drug-likeness (QED) is 0.521. The normalized spacial score (nSPS) is 21.8.